The lowest BCUT2D eigenvalue weighted by atomic mass is 9.92. The minimum absolute atomic E-state index is 0.0633. The number of carboxylic acid groups (broad SMARTS) is 2. The smallest absolute Gasteiger partial charge is 0.331 e. The van der Waals surface area contributed by atoms with Gasteiger partial charge < -0.3 is 15.1 Å². The van der Waals surface area contributed by atoms with Crippen LogP contribution < -0.4 is 0 Å². The number of carbonyl (C=O) groups excluding carboxylic acids is 1. The van der Waals surface area contributed by atoms with Crippen molar-refractivity contribution in [1.82, 2.24) is 4.90 Å². The summed E-state index contributed by atoms with van der Waals surface area (Å²) >= 11 is 0. The number of carboxylic acids is 2. The highest BCUT2D eigenvalue weighted by atomic mass is 32.2. The van der Waals surface area contributed by atoms with Crippen molar-refractivity contribution in [3.8, 4) is 0 Å². The maximum absolute atomic E-state index is 12.9. The molecule has 2 heterocycles. The van der Waals surface area contributed by atoms with Gasteiger partial charge >= 0.3 is 11.9 Å². The predicted octanol–water partition coefficient (Wildman–Crippen LogP) is 0.439. The molecule has 2 aliphatic heterocycles. The number of β-lactam (4-membered cyclic amide) rings is 1. The average molecular weight is 379 g/mol. The molecule has 26 heavy (non-hydrogen) atoms. The molecule has 2 aliphatic rings. The van der Waals surface area contributed by atoms with Gasteiger partial charge in [-0.05, 0) is 12.5 Å². The molecule has 3 rings (SSSR count). The lowest BCUT2D eigenvalue weighted by Crippen LogP contribution is -2.57. The van der Waals surface area contributed by atoms with E-state index in [1.54, 1.807) is 30.3 Å². The first-order valence-corrected chi connectivity index (χ1v) is 9.40. The Kier molecular flexibility index (Phi) is 4.14. The standard InChI is InChI=1S/C17H17NO7S/c1-17(9-11(15(20)21)7-10-5-3-2-4-6-10)14(16(22)23)18-12(19)8-13(18)26(17,24)25/h2-6,9,13-14H,7-8H2,1H3,(H,20,21)(H,22,23)/b11-9+/t13-,14+,17+/m1/s1. The molecule has 2 saturated heterocycles. The molecule has 0 radical (unpaired) electrons. The highest BCUT2D eigenvalue weighted by molar-refractivity contribution is 7.94. The first-order valence-electron chi connectivity index (χ1n) is 7.86. The molecule has 138 valence electrons. The summed E-state index contributed by atoms with van der Waals surface area (Å²) in [7, 11) is -4.09. The SMILES string of the molecule is C[C@]1(/C=C(\Cc2ccccc2)C(=O)O)[C@H](C(=O)O)N2C(=O)C[C@H]2S1(=O)=O. The molecule has 3 atom stereocenters. The molecule has 2 N–H and O–H groups in total. The van der Waals surface area contributed by atoms with Crippen LogP contribution in [0.25, 0.3) is 0 Å². The highest BCUT2D eigenvalue weighted by Crippen LogP contribution is 2.47. The number of fused-ring (bicyclic) bond motifs is 1. The van der Waals surface area contributed by atoms with Gasteiger partial charge in [-0.3, -0.25) is 4.79 Å². The molecule has 0 aromatic heterocycles. The lowest BCUT2D eigenvalue weighted by molar-refractivity contribution is -0.157. The molecule has 1 aromatic rings. The van der Waals surface area contributed by atoms with Crippen LogP contribution in [0.1, 0.15) is 18.9 Å². The summed E-state index contributed by atoms with van der Waals surface area (Å²) in [4.78, 5) is 36.0. The van der Waals surface area contributed by atoms with Crippen molar-refractivity contribution in [2.75, 3.05) is 0 Å². The molecule has 8 nitrogen and oxygen atoms in total. The van der Waals surface area contributed by atoms with Gasteiger partial charge in [0.2, 0.25) is 5.91 Å². The fourth-order valence-electron chi connectivity index (χ4n) is 3.57. The fraction of sp³-hybridized carbons (Fsp3) is 0.353. The van der Waals surface area contributed by atoms with Crippen LogP contribution in [-0.4, -0.2) is 57.5 Å². The third kappa shape index (κ3) is 2.50. The molecule has 0 aliphatic carbocycles. The van der Waals surface area contributed by atoms with E-state index in [1.165, 1.54) is 6.92 Å². The number of sulfone groups is 1. The largest absolute Gasteiger partial charge is 0.480 e. The highest BCUT2D eigenvalue weighted by Gasteiger charge is 2.69. The van der Waals surface area contributed by atoms with Crippen LogP contribution in [0.5, 0.6) is 0 Å². The third-order valence-electron chi connectivity index (χ3n) is 4.95. The molecule has 9 heteroatoms. The Morgan fingerprint density at radius 2 is 1.88 bits per heavy atom. The number of hydrogen-bond acceptors (Lipinski definition) is 5. The van der Waals surface area contributed by atoms with Gasteiger partial charge in [0.15, 0.2) is 15.9 Å². The Morgan fingerprint density at radius 3 is 2.38 bits per heavy atom. The molecule has 2 fully saturated rings. The van der Waals surface area contributed by atoms with Crippen molar-refractivity contribution >= 4 is 27.7 Å². The zero-order valence-corrected chi connectivity index (χ0v) is 14.6. The monoisotopic (exact) mass is 379 g/mol. The van der Waals surface area contributed by atoms with E-state index in [1.807, 2.05) is 0 Å². The first kappa shape index (κ1) is 18.1. The van der Waals surface area contributed by atoms with E-state index in [-0.39, 0.29) is 18.4 Å². The maximum Gasteiger partial charge on any atom is 0.331 e. The maximum atomic E-state index is 12.9. The molecule has 0 unspecified atom stereocenters. The van der Waals surface area contributed by atoms with Crippen molar-refractivity contribution in [2.24, 2.45) is 0 Å². The quantitative estimate of drug-likeness (QED) is 0.561. The molecule has 1 amide bonds. The van der Waals surface area contributed by atoms with E-state index < -0.39 is 43.8 Å². The molecule has 1 aromatic carbocycles. The van der Waals surface area contributed by atoms with Gasteiger partial charge in [0.25, 0.3) is 0 Å². The van der Waals surface area contributed by atoms with E-state index in [0.29, 0.717) is 5.56 Å². The van der Waals surface area contributed by atoms with Crippen LogP contribution in [0, 0.1) is 0 Å². The van der Waals surface area contributed by atoms with Crippen molar-refractivity contribution in [1.29, 1.82) is 0 Å². The van der Waals surface area contributed by atoms with Crippen molar-refractivity contribution in [3.05, 3.63) is 47.5 Å². The summed E-state index contributed by atoms with van der Waals surface area (Å²) < 4.78 is 23.7. The third-order valence-corrected chi connectivity index (χ3v) is 7.62. The van der Waals surface area contributed by atoms with E-state index in [4.69, 9.17) is 0 Å². The number of hydrogen-bond donors (Lipinski definition) is 2. The lowest BCUT2D eigenvalue weighted by Gasteiger charge is -2.35. The van der Waals surface area contributed by atoms with E-state index >= 15 is 0 Å². The topological polar surface area (TPSA) is 129 Å². The Balaban J connectivity index is 2.10. The van der Waals surface area contributed by atoms with Gasteiger partial charge in [-0.15, -0.1) is 0 Å². The van der Waals surface area contributed by atoms with Crippen LogP contribution in [0.2, 0.25) is 0 Å². The second-order valence-corrected chi connectivity index (χ2v) is 9.08. The van der Waals surface area contributed by atoms with Crippen molar-refractivity contribution < 1.29 is 33.0 Å². The summed E-state index contributed by atoms with van der Waals surface area (Å²) in [6, 6.07) is 6.92. The number of benzene rings is 1. The van der Waals surface area contributed by atoms with Gasteiger partial charge in [-0.25, -0.2) is 18.0 Å². The second-order valence-electron chi connectivity index (χ2n) is 6.57. The van der Waals surface area contributed by atoms with Crippen LogP contribution >= 0.6 is 0 Å². The number of carbonyl (C=O) groups is 3. The second kappa shape index (κ2) is 5.94. The summed E-state index contributed by atoms with van der Waals surface area (Å²) in [5.74, 6) is -3.38. The van der Waals surface area contributed by atoms with Crippen molar-refractivity contribution in [3.63, 3.8) is 0 Å². The van der Waals surface area contributed by atoms with Crippen LogP contribution in [0.15, 0.2) is 42.0 Å². The molecular weight excluding hydrogens is 362 g/mol. The fourth-order valence-corrected chi connectivity index (χ4v) is 5.89. The van der Waals surface area contributed by atoms with E-state index in [2.05, 4.69) is 0 Å². The minimum Gasteiger partial charge on any atom is -0.480 e. The molecule has 0 saturated carbocycles. The summed E-state index contributed by atoms with van der Waals surface area (Å²) in [6.45, 7) is 1.17. The van der Waals surface area contributed by atoms with Crippen LogP contribution in [-0.2, 0) is 30.6 Å². The normalized spacial score (nSPS) is 29.8. The zero-order valence-electron chi connectivity index (χ0n) is 13.8. The number of rotatable bonds is 5. The van der Waals surface area contributed by atoms with E-state index in [0.717, 1.165) is 11.0 Å². The molecule has 0 bridgehead atoms. The van der Waals surface area contributed by atoms with Gasteiger partial charge in [0.1, 0.15) is 10.1 Å². The summed E-state index contributed by atoms with van der Waals surface area (Å²) in [5, 5.41) is 17.8. The zero-order chi connectivity index (χ0) is 19.3. The van der Waals surface area contributed by atoms with Gasteiger partial charge in [-0.1, -0.05) is 36.4 Å². The first-order chi connectivity index (χ1) is 12.1. The number of nitrogens with zero attached hydrogens (tertiary/aromatic N) is 1. The molecular formula is C17H17NO7S. The minimum atomic E-state index is -4.09. The summed E-state index contributed by atoms with van der Waals surface area (Å²) in [6.07, 6.45) is 0.644. The van der Waals surface area contributed by atoms with Crippen LogP contribution in [0.4, 0.5) is 0 Å². The number of aliphatic carboxylic acids is 2. The summed E-state index contributed by atoms with van der Waals surface area (Å²) in [5.41, 5.74) is 0.412. The Bertz CT molecular complexity index is 922. The molecule has 0 spiro atoms. The van der Waals surface area contributed by atoms with Crippen LogP contribution in [0.3, 0.4) is 0 Å². The average Bonchev–Trinajstić information content (AvgIpc) is 2.70. The van der Waals surface area contributed by atoms with Crippen molar-refractivity contribution in [2.45, 2.75) is 35.9 Å². The Morgan fingerprint density at radius 1 is 1.27 bits per heavy atom. The number of amides is 1. The Labute approximate surface area is 149 Å². The van der Waals surface area contributed by atoms with Gasteiger partial charge in [0.05, 0.1) is 6.42 Å². The van der Waals surface area contributed by atoms with Gasteiger partial charge in [-0.2, -0.15) is 0 Å². The van der Waals surface area contributed by atoms with Gasteiger partial charge in [0, 0.05) is 12.0 Å². The Hall–Kier alpha value is -2.68. The van der Waals surface area contributed by atoms with E-state index in [9.17, 15) is 33.0 Å². The predicted molar refractivity (Wildman–Crippen MR) is 89.9 cm³/mol.